The van der Waals surface area contributed by atoms with Crippen LogP contribution in [0.5, 0.6) is 11.5 Å². The molecule has 1 aromatic carbocycles. The molecular formula is C11H16O3. The molecule has 14 heavy (non-hydrogen) atoms. The van der Waals surface area contributed by atoms with Gasteiger partial charge in [0.25, 0.3) is 0 Å². The van der Waals surface area contributed by atoms with Gasteiger partial charge in [-0.1, -0.05) is 13.0 Å². The Kier molecular flexibility index (Phi) is 4.26. The number of hydrogen-bond acceptors (Lipinski definition) is 3. The topological polar surface area (TPSA) is 27.7 Å². The largest absolute Gasteiger partial charge is 0.493 e. The van der Waals surface area contributed by atoms with Gasteiger partial charge in [-0.3, -0.25) is 0 Å². The maximum Gasteiger partial charge on any atom is 0.169 e. The third kappa shape index (κ3) is 2.92. The second-order valence-corrected chi connectivity index (χ2v) is 3.03. The summed E-state index contributed by atoms with van der Waals surface area (Å²) in [7, 11) is 1.48. The molecule has 0 fully saturated rings. The van der Waals surface area contributed by atoms with Crippen LogP contribution in [0, 0.1) is 6.92 Å². The van der Waals surface area contributed by atoms with E-state index in [0.717, 1.165) is 24.3 Å². The van der Waals surface area contributed by atoms with Crippen molar-refractivity contribution in [3.63, 3.8) is 0 Å². The molecule has 0 heterocycles. The predicted octanol–water partition coefficient (Wildman–Crippen LogP) is 2.72. The number of hydrogen-bond donors (Lipinski definition) is 0. The molecule has 1 aromatic rings. The normalized spacial score (nSPS) is 9.93. The second-order valence-electron chi connectivity index (χ2n) is 3.03. The fourth-order valence-electron chi connectivity index (χ4n) is 1.10. The van der Waals surface area contributed by atoms with E-state index in [2.05, 4.69) is 11.8 Å². The van der Waals surface area contributed by atoms with Gasteiger partial charge in [0, 0.05) is 6.07 Å². The Labute approximate surface area is 84.5 Å². The van der Waals surface area contributed by atoms with Crippen molar-refractivity contribution in [2.45, 2.75) is 20.3 Å². The van der Waals surface area contributed by atoms with E-state index < -0.39 is 0 Å². The minimum absolute atomic E-state index is 0.657. The highest BCUT2D eigenvalue weighted by molar-refractivity contribution is 5.39. The van der Waals surface area contributed by atoms with Gasteiger partial charge < -0.3 is 9.62 Å². The number of ether oxygens (including phenoxy) is 1. The van der Waals surface area contributed by atoms with E-state index in [0.29, 0.717) is 5.75 Å². The molecule has 1 rings (SSSR count). The zero-order valence-corrected chi connectivity index (χ0v) is 8.87. The first kappa shape index (κ1) is 10.9. The summed E-state index contributed by atoms with van der Waals surface area (Å²) in [6, 6.07) is 5.62. The zero-order valence-electron chi connectivity index (χ0n) is 8.87. The Morgan fingerprint density at radius 2 is 2.07 bits per heavy atom. The first-order valence-corrected chi connectivity index (χ1v) is 4.72. The Bertz CT molecular complexity index is 284. The van der Waals surface area contributed by atoms with E-state index in [1.807, 2.05) is 25.1 Å². The molecule has 0 aromatic heterocycles. The lowest BCUT2D eigenvalue weighted by Gasteiger charge is -2.09. The zero-order chi connectivity index (χ0) is 10.4. The highest BCUT2D eigenvalue weighted by Crippen LogP contribution is 2.24. The maximum atomic E-state index is 5.54. The molecule has 0 aliphatic heterocycles. The molecule has 0 radical (unpaired) electrons. The van der Waals surface area contributed by atoms with Gasteiger partial charge in [0.15, 0.2) is 5.75 Å². The van der Waals surface area contributed by atoms with Crippen molar-refractivity contribution in [3.8, 4) is 11.5 Å². The summed E-state index contributed by atoms with van der Waals surface area (Å²) in [6.07, 6.45) is 0.995. The molecule has 0 atom stereocenters. The van der Waals surface area contributed by atoms with Gasteiger partial charge in [-0.15, -0.1) is 0 Å². The van der Waals surface area contributed by atoms with E-state index in [4.69, 9.17) is 9.62 Å². The first-order chi connectivity index (χ1) is 6.77. The monoisotopic (exact) mass is 196 g/mol. The molecule has 3 heteroatoms. The van der Waals surface area contributed by atoms with E-state index in [1.54, 1.807) is 0 Å². The molecule has 0 unspecified atom stereocenters. The average molecular weight is 196 g/mol. The standard InChI is InChI=1S/C11H16O3/c1-4-7-13-11-8-10(14-12-3)6-5-9(11)2/h5-6,8H,4,7H2,1-3H3. The van der Waals surface area contributed by atoms with E-state index in [9.17, 15) is 0 Å². The van der Waals surface area contributed by atoms with Gasteiger partial charge in [0.2, 0.25) is 0 Å². The maximum absolute atomic E-state index is 5.54. The SMILES string of the molecule is CCCOc1cc(OOC)ccc1C. The van der Waals surface area contributed by atoms with Crippen LogP contribution in [0.1, 0.15) is 18.9 Å². The van der Waals surface area contributed by atoms with E-state index in [1.165, 1.54) is 7.11 Å². The van der Waals surface area contributed by atoms with Crippen LogP contribution in [0.15, 0.2) is 18.2 Å². The summed E-state index contributed by atoms with van der Waals surface area (Å²) < 4.78 is 5.54. The van der Waals surface area contributed by atoms with E-state index in [-0.39, 0.29) is 0 Å². The lowest BCUT2D eigenvalue weighted by atomic mass is 10.2. The van der Waals surface area contributed by atoms with Crippen molar-refractivity contribution in [1.29, 1.82) is 0 Å². The van der Waals surface area contributed by atoms with Crippen LogP contribution in [0.25, 0.3) is 0 Å². The van der Waals surface area contributed by atoms with Crippen molar-refractivity contribution >= 4 is 0 Å². The van der Waals surface area contributed by atoms with Gasteiger partial charge in [0.1, 0.15) is 5.75 Å². The highest BCUT2D eigenvalue weighted by Gasteiger charge is 2.02. The summed E-state index contributed by atoms with van der Waals surface area (Å²) in [5.41, 5.74) is 1.10. The van der Waals surface area contributed by atoms with Crippen LogP contribution in [0.3, 0.4) is 0 Å². The third-order valence-corrected chi connectivity index (χ3v) is 1.80. The lowest BCUT2D eigenvalue weighted by Crippen LogP contribution is -1.98. The van der Waals surface area contributed by atoms with Gasteiger partial charge >= 0.3 is 0 Å². The minimum atomic E-state index is 0.657. The average Bonchev–Trinajstić information content (AvgIpc) is 2.19. The molecule has 0 amide bonds. The van der Waals surface area contributed by atoms with Crippen LogP contribution in [-0.2, 0) is 4.89 Å². The Morgan fingerprint density at radius 3 is 2.71 bits per heavy atom. The van der Waals surface area contributed by atoms with Crippen molar-refractivity contribution in [2.24, 2.45) is 0 Å². The minimum Gasteiger partial charge on any atom is -0.493 e. The molecule has 0 bridgehead atoms. The van der Waals surface area contributed by atoms with Crippen molar-refractivity contribution in [3.05, 3.63) is 23.8 Å². The summed E-state index contributed by atoms with van der Waals surface area (Å²) in [5.74, 6) is 1.51. The number of aryl methyl sites for hydroxylation is 1. The quantitative estimate of drug-likeness (QED) is 0.535. The Balaban J connectivity index is 2.74. The van der Waals surface area contributed by atoms with Crippen LogP contribution in [0.4, 0.5) is 0 Å². The summed E-state index contributed by atoms with van der Waals surface area (Å²) >= 11 is 0. The molecule has 0 saturated heterocycles. The van der Waals surface area contributed by atoms with Crippen molar-refractivity contribution in [1.82, 2.24) is 0 Å². The molecule has 3 nitrogen and oxygen atoms in total. The number of benzene rings is 1. The molecular weight excluding hydrogens is 180 g/mol. The summed E-state index contributed by atoms with van der Waals surface area (Å²) in [5, 5.41) is 0. The summed E-state index contributed by atoms with van der Waals surface area (Å²) in [6.45, 7) is 4.80. The molecule has 0 saturated carbocycles. The fourth-order valence-corrected chi connectivity index (χ4v) is 1.10. The fraction of sp³-hybridized carbons (Fsp3) is 0.455. The van der Waals surface area contributed by atoms with Gasteiger partial charge in [0.05, 0.1) is 13.7 Å². The van der Waals surface area contributed by atoms with Gasteiger partial charge in [-0.25, -0.2) is 0 Å². The lowest BCUT2D eigenvalue weighted by molar-refractivity contribution is -0.178. The Hall–Kier alpha value is -1.22. The molecule has 0 aliphatic carbocycles. The molecule has 0 aliphatic rings. The first-order valence-electron chi connectivity index (χ1n) is 4.72. The summed E-state index contributed by atoms with van der Waals surface area (Å²) in [4.78, 5) is 9.47. The van der Waals surface area contributed by atoms with Crippen molar-refractivity contribution in [2.75, 3.05) is 13.7 Å². The van der Waals surface area contributed by atoms with Crippen LogP contribution in [0.2, 0.25) is 0 Å². The second kappa shape index (κ2) is 5.50. The third-order valence-electron chi connectivity index (χ3n) is 1.80. The molecule has 0 spiro atoms. The van der Waals surface area contributed by atoms with Crippen LogP contribution >= 0.6 is 0 Å². The van der Waals surface area contributed by atoms with Crippen LogP contribution < -0.4 is 9.62 Å². The predicted molar refractivity (Wildman–Crippen MR) is 54.6 cm³/mol. The van der Waals surface area contributed by atoms with Gasteiger partial charge in [-0.2, -0.15) is 4.89 Å². The van der Waals surface area contributed by atoms with E-state index >= 15 is 0 Å². The molecule has 0 N–H and O–H groups in total. The molecule has 78 valence electrons. The van der Waals surface area contributed by atoms with Crippen LogP contribution in [-0.4, -0.2) is 13.7 Å². The van der Waals surface area contributed by atoms with Gasteiger partial charge in [-0.05, 0) is 25.0 Å². The smallest absolute Gasteiger partial charge is 0.169 e. The van der Waals surface area contributed by atoms with Crippen molar-refractivity contribution < 1.29 is 14.5 Å². The Morgan fingerprint density at radius 1 is 1.29 bits per heavy atom. The number of rotatable bonds is 5. The highest BCUT2D eigenvalue weighted by atomic mass is 17.2.